The summed E-state index contributed by atoms with van der Waals surface area (Å²) in [6.07, 6.45) is 3.99. The molecule has 1 aliphatic heterocycles. The monoisotopic (exact) mass is 308 g/mol. The fraction of sp³-hybridized carbons (Fsp3) is 0.200. The Morgan fingerprint density at radius 3 is 3.00 bits per heavy atom. The summed E-state index contributed by atoms with van der Waals surface area (Å²) in [6, 6.07) is 7.84. The number of aromatic nitrogens is 4. The fourth-order valence-corrected chi connectivity index (χ4v) is 2.65. The van der Waals surface area contributed by atoms with Crippen LogP contribution in [0.4, 0.5) is 5.82 Å². The van der Waals surface area contributed by atoms with Crippen molar-refractivity contribution in [1.29, 1.82) is 0 Å². The highest BCUT2D eigenvalue weighted by Gasteiger charge is 2.31. The average molecular weight is 308 g/mol. The minimum Gasteiger partial charge on any atom is -0.317 e. The second-order valence-electron chi connectivity index (χ2n) is 5.73. The number of H-pyrrole nitrogens is 2. The molecule has 8 nitrogen and oxygen atoms in total. The van der Waals surface area contributed by atoms with Crippen LogP contribution in [0, 0.1) is 6.92 Å². The molecule has 1 aliphatic rings. The maximum atomic E-state index is 6.56. The Labute approximate surface area is 131 Å². The molecule has 0 saturated heterocycles. The maximum absolute atomic E-state index is 6.56. The lowest BCUT2D eigenvalue weighted by atomic mass is 9.87. The van der Waals surface area contributed by atoms with Crippen molar-refractivity contribution in [2.45, 2.75) is 18.9 Å². The van der Waals surface area contributed by atoms with E-state index in [2.05, 4.69) is 35.9 Å². The minimum absolute atomic E-state index is 0.502. The maximum Gasteiger partial charge on any atom is 0.175 e. The van der Waals surface area contributed by atoms with E-state index in [0.29, 0.717) is 18.1 Å². The number of hydrazone groups is 1. The zero-order valence-electron chi connectivity index (χ0n) is 12.5. The predicted molar refractivity (Wildman–Crippen MR) is 88.6 cm³/mol. The third kappa shape index (κ3) is 2.49. The van der Waals surface area contributed by atoms with Gasteiger partial charge in [-0.05, 0) is 18.6 Å². The molecule has 1 atom stereocenters. The van der Waals surface area contributed by atoms with Gasteiger partial charge in [-0.15, -0.1) is 0 Å². The van der Waals surface area contributed by atoms with Crippen LogP contribution in [0.5, 0.6) is 0 Å². The van der Waals surface area contributed by atoms with Crippen LogP contribution >= 0.6 is 0 Å². The molecule has 0 aliphatic carbocycles. The van der Waals surface area contributed by atoms with Gasteiger partial charge in [0.05, 0.1) is 17.3 Å². The largest absolute Gasteiger partial charge is 0.317 e. The number of fused-ring (bicyclic) bond motifs is 1. The molecule has 0 radical (unpaired) electrons. The number of aromatic amines is 2. The first-order chi connectivity index (χ1) is 11.1. The number of amidine groups is 1. The van der Waals surface area contributed by atoms with E-state index >= 15 is 0 Å². The zero-order valence-corrected chi connectivity index (χ0v) is 12.5. The smallest absolute Gasteiger partial charge is 0.175 e. The Balaban J connectivity index is 1.68. The fourth-order valence-electron chi connectivity index (χ4n) is 2.65. The van der Waals surface area contributed by atoms with Gasteiger partial charge in [0.25, 0.3) is 0 Å². The van der Waals surface area contributed by atoms with Crippen molar-refractivity contribution in [3.8, 4) is 0 Å². The molecule has 1 unspecified atom stereocenters. The summed E-state index contributed by atoms with van der Waals surface area (Å²) in [7, 11) is 0. The lowest BCUT2D eigenvalue weighted by Crippen LogP contribution is -2.46. The van der Waals surface area contributed by atoms with Gasteiger partial charge >= 0.3 is 0 Å². The topological polar surface area (TPSA) is 120 Å². The predicted octanol–water partition coefficient (Wildman–Crippen LogP) is 1.46. The highest BCUT2D eigenvalue weighted by molar-refractivity contribution is 5.94. The summed E-state index contributed by atoms with van der Waals surface area (Å²) in [5, 5.41) is 19.2. The van der Waals surface area contributed by atoms with E-state index in [-0.39, 0.29) is 0 Å². The van der Waals surface area contributed by atoms with Gasteiger partial charge in [-0.2, -0.15) is 15.3 Å². The van der Waals surface area contributed by atoms with E-state index in [1.807, 2.05) is 31.2 Å². The van der Waals surface area contributed by atoms with Gasteiger partial charge < -0.3 is 5.73 Å². The Morgan fingerprint density at radius 2 is 2.17 bits per heavy atom. The van der Waals surface area contributed by atoms with Crippen molar-refractivity contribution in [2.24, 2.45) is 15.8 Å². The molecule has 0 spiro atoms. The van der Waals surface area contributed by atoms with E-state index in [4.69, 9.17) is 5.73 Å². The first kappa shape index (κ1) is 13.6. The van der Waals surface area contributed by atoms with Crippen molar-refractivity contribution < 1.29 is 0 Å². The first-order valence-corrected chi connectivity index (χ1v) is 7.25. The molecular weight excluding hydrogens is 292 g/mol. The van der Waals surface area contributed by atoms with Crippen LogP contribution in [0.1, 0.15) is 17.7 Å². The minimum atomic E-state index is -0.727. The Bertz CT molecular complexity index is 918. The first-order valence-electron chi connectivity index (χ1n) is 7.25. The van der Waals surface area contributed by atoms with Gasteiger partial charge in [0.2, 0.25) is 0 Å². The van der Waals surface area contributed by atoms with Crippen molar-refractivity contribution in [3.05, 3.63) is 41.7 Å². The van der Waals surface area contributed by atoms with Gasteiger partial charge in [0, 0.05) is 29.8 Å². The van der Waals surface area contributed by atoms with E-state index in [1.54, 1.807) is 12.4 Å². The number of aryl methyl sites for hydroxylation is 1. The number of rotatable bonds is 2. The molecule has 3 heterocycles. The Morgan fingerprint density at radius 1 is 1.26 bits per heavy atom. The van der Waals surface area contributed by atoms with Crippen LogP contribution < -0.4 is 11.2 Å². The molecule has 0 fully saturated rings. The third-order valence-corrected chi connectivity index (χ3v) is 3.87. The summed E-state index contributed by atoms with van der Waals surface area (Å²) in [5.41, 5.74) is 11.6. The molecular formula is C15H16N8. The normalized spacial score (nSPS) is 22.6. The van der Waals surface area contributed by atoms with E-state index in [1.165, 1.54) is 0 Å². The van der Waals surface area contributed by atoms with Crippen LogP contribution in [0.25, 0.3) is 10.9 Å². The molecule has 3 aromatic rings. The second-order valence-corrected chi connectivity index (χ2v) is 5.73. The van der Waals surface area contributed by atoms with Crippen LogP contribution in [-0.4, -0.2) is 32.4 Å². The van der Waals surface area contributed by atoms with E-state index in [0.717, 1.165) is 22.2 Å². The second kappa shape index (κ2) is 5.03. The van der Waals surface area contributed by atoms with E-state index in [9.17, 15) is 0 Å². The van der Waals surface area contributed by atoms with Gasteiger partial charge in [-0.1, -0.05) is 12.1 Å². The van der Waals surface area contributed by atoms with Crippen molar-refractivity contribution in [3.63, 3.8) is 0 Å². The van der Waals surface area contributed by atoms with Crippen LogP contribution in [0.15, 0.2) is 40.6 Å². The molecule has 8 heteroatoms. The quantitative estimate of drug-likeness (QED) is 0.572. The summed E-state index contributed by atoms with van der Waals surface area (Å²) < 4.78 is 0. The molecule has 1 aromatic carbocycles. The molecule has 116 valence electrons. The summed E-state index contributed by atoms with van der Waals surface area (Å²) in [6.45, 7) is 1.93. The number of benzene rings is 1. The van der Waals surface area contributed by atoms with Crippen molar-refractivity contribution in [2.75, 3.05) is 0 Å². The lowest BCUT2D eigenvalue weighted by Gasteiger charge is -2.29. The number of nitrogens with two attached hydrogens (primary N) is 1. The SMILES string of the molecule is Cc1cc(N=C2CC(N)(c3ccc4cn[nH]c4c3)C=NN2)n[nH]1. The molecule has 2 aromatic heterocycles. The van der Waals surface area contributed by atoms with E-state index < -0.39 is 5.54 Å². The highest BCUT2D eigenvalue weighted by Crippen LogP contribution is 2.26. The van der Waals surface area contributed by atoms with Crippen LogP contribution in [0.3, 0.4) is 0 Å². The molecule has 0 amide bonds. The van der Waals surface area contributed by atoms with Gasteiger partial charge in [0.1, 0.15) is 5.84 Å². The number of aliphatic imine (C=N–C) groups is 1. The summed E-state index contributed by atoms with van der Waals surface area (Å²) in [4.78, 5) is 4.46. The van der Waals surface area contributed by atoms with Gasteiger partial charge in [-0.3, -0.25) is 15.6 Å². The van der Waals surface area contributed by atoms with Crippen LogP contribution in [-0.2, 0) is 5.54 Å². The average Bonchev–Trinajstić information content (AvgIpc) is 3.15. The van der Waals surface area contributed by atoms with Crippen molar-refractivity contribution in [1.82, 2.24) is 25.8 Å². The standard InChI is InChI=1S/C15H16N8/c1-9-4-13(23-20-9)19-14-6-15(16,8-18-22-14)11-3-2-10-7-17-21-12(10)5-11/h2-5,7-8H,6,16H2,1H3,(H,17,21)(H2,19,20,22,23). The molecule has 0 saturated carbocycles. The highest BCUT2D eigenvalue weighted by atomic mass is 15.3. The van der Waals surface area contributed by atoms with Crippen molar-refractivity contribution >= 4 is 28.8 Å². The third-order valence-electron chi connectivity index (χ3n) is 3.87. The number of hydrogen-bond donors (Lipinski definition) is 4. The Kier molecular flexibility index (Phi) is 2.98. The zero-order chi connectivity index (χ0) is 15.9. The number of nitrogens with zero attached hydrogens (tertiary/aromatic N) is 4. The van der Waals surface area contributed by atoms with Crippen LogP contribution in [0.2, 0.25) is 0 Å². The number of nitrogens with one attached hydrogen (secondary N) is 3. The molecule has 0 bridgehead atoms. The summed E-state index contributed by atoms with van der Waals surface area (Å²) >= 11 is 0. The number of hydrogen-bond acceptors (Lipinski definition) is 5. The van der Waals surface area contributed by atoms with Gasteiger partial charge in [0.15, 0.2) is 5.82 Å². The molecule has 5 N–H and O–H groups in total. The Hall–Kier alpha value is -3.00. The van der Waals surface area contributed by atoms with Gasteiger partial charge in [-0.25, -0.2) is 4.99 Å². The molecule has 23 heavy (non-hydrogen) atoms. The summed E-state index contributed by atoms with van der Waals surface area (Å²) in [5.74, 6) is 1.28. The molecule has 4 rings (SSSR count). The lowest BCUT2D eigenvalue weighted by molar-refractivity contribution is 0.612.